The molecular weight excluding hydrogens is 254 g/mol. The summed E-state index contributed by atoms with van der Waals surface area (Å²) in [4.78, 5) is 17.0. The summed E-state index contributed by atoms with van der Waals surface area (Å²) in [5, 5.41) is 11.5. The zero-order valence-electron chi connectivity index (χ0n) is 11.6. The minimum absolute atomic E-state index is 0.194. The number of amides is 1. The van der Waals surface area contributed by atoms with E-state index in [1.54, 1.807) is 6.92 Å². The van der Waals surface area contributed by atoms with Gasteiger partial charge in [-0.15, -0.1) is 0 Å². The van der Waals surface area contributed by atoms with Crippen LogP contribution in [0.1, 0.15) is 19.4 Å². The van der Waals surface area contributed by atoms with E-state index in [1.807, 2.05) is 36.2 Å². The first-order valence-corrected chi connectivity index (χ1v) is 6.57. The quantitative estimate of drug-likeness (QED) is 0.825. The monoisotopic (exact) mass is 271 g/mol. The summed E-state index contributed by atoms with van der Waals surface area (Å²) >= 11 is 0. The van der Waals surface area contributed by atoms with Gasteiger partial charge in [0.25, 0.3) is 5.91 Å². The number of carbonyl (C=O) groups is 1. The van der Waals surface area contributed by atoms with E-state index in [-0.39, 0.29) is 12.5 Å². The van der Waals surface area contributed by atoms with Gasteiger partial charge < -0.3 is 9.88 Å². The van der Waals surface area contributed by atoms with E-state index in [4.69, 9.17) is 0 Å². The fourth-order valence-electron chi connectivity index (χ4n) is 2.56. The number of benzene rings is 1. The maximum absolute atomic E-state index is 11.7. The molecule has 1 amide bonds. The van der Waals surface area contributed by atoms with Gasteiger partial charge >= 0.3 is 0 Å². The molecule has 2 aromatic rings. The van der Waals surface area contributed by atoms with E-state index >= 15 is 0 Å². The molecule has 2 heterocycles. The van der Waals surface area contributed by atoms with Crippen LogP contribution in [0.2, 0.25) is 0 Å². The van der Waals surface area contributed by atoms with Crippen LogP contribution in [0, 0.1) is 0 Å². The van der Waals surface area contributed by atoms with Gasteiger partial charge in [-0.25, -0.2) is 0 Å². The highest BCUT2D eigenvalue weighted by atomic mass is 16.5. The molecule has 0 unspecified atom stereocenters. The first kappa shape index (κ1) is 12.7. The molecule has 5 heteroatoms. The van der Waals surface area contributed by atoms with E-state index in [2.05, 4.69) is 11.1 Å². The van der Waals surface area contributed by atoms with Crippen LogP contribution in [-0.4, -0.2) is 32.6 Å². The van der Waals surface area contributed by atoms with Crippen LogP contribution in [0.4, 0.5) is 0 Å². The lowest BCUT2D eigenvalue weighted by Gasteiger charge is -2.33. The van der Waals surface area contributed by atoms with Gasteiger partial charge in [-0.05, 0) is 25.5 Å². The van der Waals surface area contributed by atoms with Crippen molar-refractivity contribution in [3.05, 3.63) is 47.4 Å². The summed E-state index contributed by atoms with van der Waals surface area (Å²) in [5.74, 6) is -0.298. The number of rotatable bonds is 2. The molecule has 0 saturated carbocycles. The van der Waals surface area contributed by atoms with Gasteiger partial charge in [0.15, 0.2) is 0 Å². The molecule has 5 nitrogen and oxygen atoms in total. The first-order chi connectivity index (χ1) is 9.58. The van der Waals surface area contributed by atoms with Crippen LogP contribution >= 0.6 is 0 Å². The number of nitrogens with one attached hydrogen (secondary N) is 1. The fourth-order valence-corrected chi connectivity index (χ4v) is 2.56. The Hall–Kier alpha value is -2.27. The average molecular weight is 271 g/mol. The third kappa shape index (κ3) is 1.96. The molecule has 1 aliphatic rings. The highest BCUT2D eigenvalue weighted by molar-refractivity contribution is 5.83. The third-order valence-corrected chi connectivity index (χ3v) is 3.91. The van der Waals surface area contributed by atoms with Crippen LogP contribution in [0.25, 0.3) is 10.9 Å². The number of aromatic amines is 1. The number of hydroxylamine groups is 2. The highest BCUT2D eigenvalue weighted by Crippen LogP contribution is 2.24. The van der Waals surface area contributed by atoms with E-state index in [9.17, 15) is 10.0 Å². The van der Waals surface area contributed by atoms with Gasteiger partial charge in [0.2, 0.25) is 0 Å². The topological polar surface area (TPSA) is 59.6 Å². The van der Waals surface area contributed by atoms with Gasteiger partial charge in [0, 0.05) is 29.3 Å². The number of H-pyrrole nitrogens is 1. The van der Waals surface area contributed by atoms with Crippen molar-refractivity contribution < 1.29 is 10.0 Å². The highest BCUT2D eigenvalue weighted by Gasteiger charge is 2.26. The number of aromatic nitrogens is 1. The lowest BCUT2D eigenvalue weighted by Crippen LogP contribution is -2.43. The van der Waals surface area contributed by atoms with Crippen molar-refractivity contribution >= 4 is 16.8 Å². The smallest absolute Gasteiger partial charge is 0.269 e. The number of hydrogen-bond donors (Lipinski definition) is 2. The standard InChI is InChI=1S/C15H17N3O2/c1-10-11(2)18(20)15(19)9-17(10)8-12-7-16-14-6-4-3-5-13(12)14/h3-7,16,20H,8-9H2,1-2H3. The Morgan fingerprint density at radius 3 is 2.80 bits per heavy atom. The Labute approximate surface area is 117 Å². The van der Waals surface area contributed by atoms with Crippen molar-refractivity contribution in [1.29, 1.82) is 0 Å². The summed E-state index contributed by atoms with van der Waals surface area (Å²) in [5.41, 5.74) is 3.73. The summed E-state index contributed by atoms with van der Waals surface area (Å²) in [6.45, 7) is 4.50. The lowest BCUT2D eigenvalue weighted by atomic mass is 10.1. The molecule has 20 heavy (non-hydrogen) atoms. The second-order valence-corrected chi connectivity index (χ2v) is 5.09. The largest absolute Gasteiger partial charge is 0.361 e. The average Bonchev–Trinajstić information content (AvgIpc) is 2.86. The van der Waals surface area contributed by atoms with Crippen LogP contribution in [-0.2, 0) is 11.3 Å². The summed E-state index contributed by atoms with van der Waals surface area (Å²) in [6, 6.07) is 8.09. The zero-order chi connectivity index (χ0) is 14.3. The second kappa shape index (κ2) is 4.68. The van der Waals surface area contributed by atoms with Gasteiger partial charge in [-0.3, -0.25) is 10.0 Å². The van der Waals surface area contributed by atoms with Crippen LogP contribution in [0.5, 0.6) is 0 Å². The van der Waals surface area contributed by atoms with E-state index < -0.39 is 0 Å². The number of fused-ring (bicyclic) bond motifs is 1. The fraction of sp³-hybridized carbons (Fsp3) is 0.267. The maximum atomic E-state index is 11.7. The van der Waals surface area contributed by atoms with Crippen molar-refractivity contribution in [3.63, 3.8) is 0 Å². The van der Waals surface area contributed by atoms with E-state index in [0.717, 1.165) is 27.2 Å². The maximum Gasteiger partial charge on any atom is 0.269 e. The molecule has 0 saturated heterocycles. The molecular formula is C15H17N3O2. The van der Waals surface area contributed by atoms with Crippen molar-refractivity contribution in [2.45, 2.75) is 20.4 Å². The molecule has 0 bridgehead atoms. The van der Waals surface area contributed by atoms with Gasteiger partial charge in [-0.1, -0.05) is 18.2 Å². The number of para-hydroxylation sites is 1. The van der Waals surface area contributed by atoms with Gasteiger partial charge in [-0.2, -0.15) is 5.06 Å². The van der Waals surface area contributed by atoms with Gasteiger partial charge in [0.1, 0.15) is 0 Å². The van der Waals surface area contributed by atoms with Crippen LogP contribution in [0.3, 0.4) is 0 Å². The third-order valence-electron chi connectivity index (χ3n) is 3.91. The van der Waals surface area contributed by atoms with Crippen molar-refractivity contribution in [3.8, 4) is 0 Å². The molecule has 1 aliphatic heterocycles. The Bertz CT molecular complexity index is 702. The Morgan fingerprint density at radius 2 is 2.00 bits per heavy atom. The van der Waals surface area contributed by atoms with Crippen molar-refractivity contribution in [2.24, 2.45) is 0 Å². The lowest BCUT2D eigenvalue weighted by molar-refractivity contribution is -0.161. The minimum atomic E-state index is -0.298. The predicted octanol–water partition coefficient (Wildman–Crippen LogP) is 2.45. The normalized spacial score (nSPS) is 16.4. The van der Waals surface area contributed by atoms with Crippen molar-refractivity contribution in [2.75, 3.05) is 6.54 Å². The van der Waals surface area contributed by atoms with Crippen LogP contribution < -0.4 is 0 Å². The predicted molar refractivity (Wildman–Crippen MR) is 75.7 cm³/mol. The molecule has 1 aromatic carbocycles. The van der Waals surface area contributed by atoms with Crippen LogP contribution in [0.15, 0.2) is 41.9 Å². The molecule has 0 spiro atoms. The minimum Gasteiger partial charge on any atom is -0.361 e. The molecule has 104 valence electrons. The Morgan fingerprint density at radius 1 is 1.25 bits per heavy atom. The summed E-state index contributed by atoms with van der Waals surface area (Å²) in [7, 11) is 0. The number of carbonyl (C=O) groups excluding carboxylic acids is 1. The zero-order valence-corrected chi connectivity index (χ0v) is 11.6. The number of allylic oxidation sites excluding steroid dienone is 2. The molecule has 0 radical (unpaired) electrons. The molecule has 1 aromatic heterocycles. The number of hydrogen-bond acceptors (Lipinski definition) is 3. The van der Waals surface area contributed by atoms with E-state index in [0.29, 0.717) is 12.2 Å². The van der Waals surface area contributed by atoms with E-state index in [1.165, 1.54) is 0 Å². The molecule has 0 fully saturated rings. The summed E-state index contributed by atoms with van der Waals surface area (Å²) in [6.07, 6.45) is 1.98. The second-order valence-electron chi connectivity index (χ2n) is 5.09. The first-order valence-electron chi connectivity index (χ1n) is 6.57. The Balaban J connectivity index is 1.93. The molecule has 2 N–H and O–H groups in total. The SMILES string of the molecule is CC1=C(C)N(O)C(=O)CN1Cc1c[nH]c2ccccc12. The van der Waals surface area contributed by atoms with Crippen molar-refractivity contribution in [1.82, 2.24) is 14.9 Å². The molecule has 3 rings (SSSR count). The van der Waals surface area contributed by atoms with Gasteiger partial charge in [0.05, 0.1) is 12.2 Å². The summed E-state index contributed by atoms with van der Waals surface area (Å²) < 4.78 is 0. The molecule has 0 atom stereocenters. The molecule has 0 aliphatic carbocycles. The number of nitrogens with zero attached hydrogens (tertiary/aromatic N) is 2. The Kier molecular flexibility index (Phi) is 2.99.